The van der Waals surface area contributed by atoms with Gasteiger partial charge < -0.3 is 4.90 Å². The van der Waals surface area contributed by atoms with Crippen molar-refractivity contribution in [3.63, 3.8) is 0 Å². The van der Waals surface area contributed by atoms with E-state index in [9.17, 15) is 0 Å². The second-order valence-corrected chi connectivity index (χ2v) is 5.46. The molecule has 1 aliphatic heterocycles. The summed E-state index contributed by atoms with van der Waals surface area (Å²) in [6.45, 7) is 1.11. The molecule has 0 bridgehead atoms. The third-order valence-electron chi connectivity index (χ3n) is 2.90. The van der Waals surface area contributed by atoms with Gasteiger partial charge in [-0.05, 0) is 18.1 Å². The van der Waals surface area contributed by atoms with Crippen molar-refractivity contribution in [2.45, 2.75) is 6.42 Å². The summed E-state index contributed by atoms with van der Waals surface area (Å²) in [5.41, 5.74) is 3.81. The summed E-state index contributed by atoms with van der Waals surface area (Å²) in [6.07, 6.45) is 5.23. The highest BCUT2D eigenvalue weighted by molar-refractivity contribution is 14.2. The van der Waals surface area contributed by atoms with Gasteiger partial charge in [-0.3, -0.25) is 3.97 Å². The Morgan fingerprint density at radius 1 is 1.53 bits per heavy atom. The Bertz CT molecular complexity index is 523. The van der Waals surface area contributed by atoms with E-state index in [4.69, 9.17) is 0 Å². The van der Waals surface area contributed by atoms with Gasteiger partial charge in [0, 0.05) is 61.7 Å². The van der Waals surface area contributed by atoms with Gasteiger partial charge in [-0.25, -0.2) is 4.98 Å². The van der Waals surface area contributed by atoms with Gasteiger partial charge >= 0.3 is 0 Å². The molecule has 0 N–H and O–H groups in total. The van der Waals surface area contributed by atoms with Crippen LogP contribution in [0.3, 0.4) is 0 Å². The number of hydrogen-bond donors (Lipinski definition) is 0. The molecule has 0 spiro atoms. The predicted octanol–water partition coefficient (Wildman–Crippen LogP) is 2.87. The topological polar surface area (TPSA) is 21.1 Å². The SMILES string of the molecule is CN1CCc2cnc3c(ccn3SI)c21. The van der Waals surface area contributed by atoms with Crippen molar-refractivity contribution in [3.8, 4) is 0 Å². The largest absolute Gasteiger partial charge is 0.373 e. The first-order valence-corrected chi connectivity index (χ1v) is 8.12. The van der Waals surface area contributed by atoms with Crippen LogP contribution in [0.2, 0.25) is 0 Å². The van der Waals surface area contributed by atoms with E-state index < -0.39 is 0 Å². The average molecular weight is 331 g/mol. The minimum Gasteiger partial charge on any atom is -0.373 e. The number of aromatic nitrogens is 2. The van der Waals surface area contributed by atoms with Crippen LogP contribution in [-0.4, -0.2) is 22.5 Å². The predicted molar refractivity (Wildman–Crippen MR) is 73.7 cm³/mol. The van der Waals surface area contributed by atoms with Crippen LogP contribution in [0.4, 0.5) is 5.69 Å². The summed E-state index contributed by atoms with van der Waals surface area (Å²) in [6, 6.07) is 2.16. The van der Waals surface area contributed by atoms with Crippen LogP contribution in [0.15, 0.2) is 18.5 Å². The van der Waals surface area contributed by atoms with Gasteiger partial charge in [-0.15, -0.1) is 0 Å². The van der Waals surface area contributed by atoms with E-state index in [1.165, 1.54) is 16.6 Å². The Morgan fingerprint density at radius 3 is 3.20 bits per heavy atom. The molecule has 0 aromatic carbocycles. The minimum absolute atomic E-state index is 1.07. The summed E-state index contributed by atoms with van der Waals surface area (Å²) < 4.78 is 2.10. The molecule has 3 rings (SSSR count). The van der Waals surface area contributed by atoms with Crippen LogP contribution in [0, 0.1) is 0 Å². The molecule has 2 aromatic heterocycles. The highest BCUT2D eigenvalue weighted by Gasteiger charge is 2.20. The summed E-state index contributed by atoms with van der Waals surface area (Å²) >= 11 is 2.28. The van der Waals surface area contributed by atoms with E-state index in [1.807, 2.05) is 6.20 Å². The standard InChI is InChI=1S/C10H10IN3S/c1-13-4-2-7-6-12-10-8(9(7)13)3-5-14(10)15-11/h3,5-6H,2,4H2,1H3. The number of hydrogen-bond acceptors (Lipinski definition) is 3. The summed E-state index contributed by atoms with van der Waals surface area (Å²) in [5.74, 6) is 0. The van der Waals surface area contributed by atoms with Crippen molar-refractivity contribution in [1.82, 2.24) is 8.96 Å². The monoisotopic (exact) mass is 331 g/mol. The molecule has 3 nitrogen and oxygen atoms in total. The molecule has 0 radical (unpaired) electrons. The Morgan fingerprint density at radius 2 is 2.40 bits per heavy atom. The molecule has 0 atom stereocenters. The maximum atomic E-state index is 4.53. The number of halogens is 1. The first-order valence-electron chi connectivity index (χ1n) is 4.80. The van der Waals surface area contributed by atoms with Crippen molar-refractivity contribution in [2.75, 3.05) is 18.5 Å². The number of fused-ring (bicyclic) bond motifs is 3. The Balaban J connectivity index is 2.34. The van der Waals surface area contributed by atoms with Crippen molar-refractivity contribution < 1.29 is 0 Å². The second kappa shape index (κ2) is 3.55. The fraction of sp³-hybridized carbons (Fsp3) is 0.300. The molecule has 0 saturated carbocycles. The smallest absolute Gasteiger partial charge is 0.152 e. The summed E-state index contributed by atoms with van der Waals surface area (Å²) in [7, 11) is 3.81. The van der Waals surface area contributed by atoms with Gasteiger partial charge in [0.2, 0.25) is 0 Å². The lowest BCUT2D eigenvalue weighted by Gasteiger charge is -2.12. The molecule has 5 heteroatoms. The zero-order valence-electron chi connectivity index (χ0n) is 8.27. The molecule has 0 unspecified atom stereocenters. The van der Waals surface area contributed by atoms with Gasteiger partial charge in [-0.2, -0.15) is 0 Å². The lowest BCUT2D eigenvalue weighted by atomic mass is 10.2. The van der Waals surface area contributed by atoms with Crippen molar-refractivity contribution in [1.29, 1.82) is 0 Å². The molecule has 0 amide bonds. The van der Waals surface area contributed by atoms with Gasteiger partial charge in [0.25, 0.3) is 0 Å². The molecule has 3 heterocycles. The molecule has 2 aromatic rings. The average Bonchev–Trinajstić information content (AvgIpc) is 2.81. The van der Waals surface area contributed by atoms with Gasteiger partial charge in [-0.1, -0.05) is 0 Å². The second-order valence-electron chi connectivity index (χ2n) is 3.75. The number of pyridine rings is 1. The molecule has 0 fully saturated rings. The minimum atomic E-state index is 1.07. The third kappa shape index (κ3) is 1.36. The highest BCUT2D eigenvalue weighted by atomic mass is 127. The molecule has 1 aliphatic rings. The Kier molecular flexibility index (Phi) is 2.31. The lowest BCUT2D eigenvalue weighted by Crippen LogP contribution is -2.12. The van der Waals surface area contributed by atoms with E-state index in [-0.39, 0.29) is 0 Å². The maximum absolute atomic E-state index is 4.53. The van der Waals surface area contributed by atoms with Gasteiger partial charge in [0.05, 0.1) is 5.69 Å². The summed E-state index contributed by atoms with van der Waals surface area (Å²) in [4.78, 5) is 6.85. The molecule has 78 valence electrons. The molecule has 0 saturated heterocycles. The maximum Gasteiger partial charge on any atom is 0.152 e. The van der Waals surface area contributed by atoms with Crippen LogP contribution in [0.25, 0.3) is 11.0 Å². The summed E-state index contributed by atoms with van der Waals surface area (Å²) in [5, 5.41) is 1.27. The third-order valence-corrected chi connectivity index (χ3v) is 4.62. The number of anilines is 1. The van der Waals surface area contributed by atoms with Crippen molar-refractivity contribution in [2.24, 2.45) is 0 Å². The van der Waals surface area contributed by atoms with Crippen molar-refractivity contribution >= 4 is 47.0 Å². The Hall–Kier alpha value is -0.430. The fourth-order valence-electron chi connectivity index (χ4n) is 2.18. The van der Waals surface area contributed by atoms with Crippen LogP contribution in [-0.2, 0) is 6.42 Å². The van der Waals surface area contributed by atoms with Crippen LogP contribution in [0.5, 0.6) is 0 Å². The normalized spacial score (nSPS) is 14.9. The van der Waals surface area contributed by atoms with E-state index >= 15 is 0 Å². The number of likely N-dealkylation sites (N-methyl/N-ethyl adjacent to an activating group) is 1. The van der Waals surface area contributed by atoms with Gasteiger partial charge in [0.1, 0.15) is 0 Å². The van der Waals surface area contributed by atoms with E-state index in [2.05, 4.69) is 54.4 Å². The quantitative estimate of drug-likeness (QED) is 0.750. The first-order chi connectivity index (χ1) is 7.31. The zero-order valence-corrected chi connectivity index (χ0v) is 11.2. The van der Waals surface area contributed by atoms with E-state index in [0.717, 1.165) is 18.6 Å². The Labute approximate surface area is 105 Å². The lowest BCUT2D eigenvalue weighted by molar-refractivity contribution is 0.956. The number of nitrogens with zero attached hydrogens (tertiary/aromatic N) is 3. The highest BCUT2D eigenvalue weighted by Crippen LogP contribution is 2.35. The first kappa shape index (κ1) is 9.77. The molecular weight excluding hydrogens is 321 g/mol. The van der Waals surface area contributed by atoms with Crippen LogP contribution >= 0.6 is 30.3 Å². The molecule has 0 aliphatic carbocycles. The van der Waals surface area contributed by atoms with E-state index in [1.54, 1.807) is 9.12 Å². The molecule has 15 heavy (non-hydrogen) atoms. The van der Waals surface area contributed by atoms with Crippen LogP contribution < -0.4 is 4.90 Å². The fourth-order valence-corrected chi connectivity index (χ4v) is 3.45. The van der Waals surface area contributed by atoms with E-state index in [0.29, 0.717) is 0 Å². The van der Waals surface area contributed by atoms with Crippen molar-refractivity contribution in [3.05, 3.63) is 24.0 Å². The van der Waals surface area contributed by atoms with Gasteiger partial charge in [0.15, 0.2) is 5.65 Å². The zero-order chi connectivity index (χ0) is 10.4. The van der Waals surface area contributed by atoms with Crippen LogP contribution in [0.1, 0.15) is 5.56 Å². The molecular formula is C10H10IN3S. The number of rotatable bonds is 1.